The van der Waals surface area contributed by atoms with E-state index in [9.17, 15) is 0 Å². The Morgan fingerprint density at radius 1 is 0.952 bits per heavy atom. The molecule has 3 aromatic rings. The van der Waals surface area contributed by atoms with E-state index in [1.807, 2.05) is 24.3 Å². The van der Waals surface area contributed by atoms with E-state index in [0.29, 0.717) is 0 Å². The second kappa shape index (κ2) is 5.70. The van der Waals surface area contributed by atoms with E-state index in [2.05, 4.69) is 38.1 Å². The van der Waals surface area contributed by atoms with Crippen LogP contribution in [-0.4, -0.2) is 4.98 Å². The fourth-order valence-corrected chi connectivity index (χ4v) is 3.33. The van der Waals surface area contributed by atoms with Crippen molar-refractivity contribution in [1.82, 2.24) is 4.98 Å². The monoisotopic (exact) mass is 294 g/mol. The number of aromatic nitrogens is 1. The molecule has 106 valence electrons. The van der Waals surface area contributed by atoms with Crippen molar-refractivity contribution in [3.8, 4) is 10.6 Å². The second-order valence-corrected chi connectivity index (χ2v) is 6.40. The van der Waals surface area contributed by atoms with Gasteiger partial charge in [0.15, 0.2) is 0 Å². The molecule has 0 aliphatic carbocycles. The number of nitrogens with zero attached hydrogens (tertiary/aromatic N) is 1. The van der Waals surface area contributed by atoms with Crippen LogP contribution in [0, 0.1) is 13.8 Å². The fraction of sp³-hybridized carbons (Fsp3) is 0.167. The van der Waals surface area contributed by atoms with Gasteiger partial charge in [-0.3, -0.25) is 0 Å². The van der Waals surface area contributed by atoms with Crippen molar-refractivity contribution in [3.63, 3.8) is 0 Å². The Morgan fingerprint density at radius 3 is 2.29 bits per heavy atom. The van der Waals surface area contributed by atoms with Crippen LogP contribution in [0.3, 0.4) is 0 Å². The highest BCUT2D eigenvalue weighted by atomic mass is 32.1. The summed E-state index contributed by atoms with van der Waals surface area (Å²) in [5.74, 6) is 0. The van der Waals surface area contributed by atoms with Crippen LogP contribution in [-0.2, 0) is 6.42 Å². The molecule has 0 fully saturated rings. The van der Waals surface area contributed by atoms with Crippen LogP contribution < -0.4 is 5.73 Å². The summed E-state index contributed by atoms with van der Waals surface area (Å²) in [5, 5.41) is 1.06. The Bertz CT molecular complexity index is 740. The highest BCUT2D eigenvalue weighted by molar-refractivity contribution is 7.15. The third kappa shape index (κ3) is 3.14. The number of hydrogen-bond acceptors (Lipinski definition) is 3. The minimum Gasteiger partial charge on any atom is -0.399 e. The standard InChI is InChI=1S/C18H18N2S/c1-12-3-5-14(6-4-12)11-17-13(2)20-18(21-17)15-7-9-16(19)10-8-15/h3-10H,11,19H2,1-2H3. The normalized spacial score (nSPS) is 10.8. The minimum absolute atomic E-state index is 0.784. The zero-order chi connectivity index (χ0) is 14.8. The van der Waals surface area contributed by atoms with Crippen molar-refractivity contribution in [3.05, 3.63) is 70.2 Å². The topological polar surface area (TPSA) is 38.9 Å². The van der Waals surface area contributed by atoms with E-state index < -0.39 is 0 Å². The Morgan fingerprint density at radius 2 is 1.62 bits per heavy atom. The second-order valence-electron chi connectivity index (χ2n) is 5.31. The molecule has 1 heterocycles. The Balaban J connectivity index is 1.87. The van der Waals surface area contributed by atoms with Gasteiger partial charge in [-0.15, -0.1) is 11.3 Å². The molecule has 0 spiro atoms. The van der Waals surface area contributed by atoms with Crippen molar-refractivity contribution in [2.24, 2.45) is 0 Å². The van der Waals surface area contributed by atoms with Crippen molar-refractivity contribution in [1.29, 1.82) is 0 Å². The fourth-order valence-electron chi connectivity index (χ4n) is 2.23. The van der Waals surface area contributed by atoms with E-state index in [0.717, 1.165) is 28.4 Å². The average molecular weight is 294 g/mol. The Hall–Kier alpha value is -2.13. The summed E-state index contributed by atoms with van der Waals surface area (Å²) >= 11 is 1.77. The molecule has 0 saturated heterocycles. The lowest BCUT2D eigenvalue weighted by molar-refractivity contribution is 1.15. The summed E-state index contributed by atoms with van der Waals surface area (Å²) in [6, 6.07) is 16.6. The highest BCUT2D eigenvalue weighted by Gasteiger charge is 2.10. The summed E-state index contributed by atoms with van der Waals surface area (Å²) in [6.07, 6.45) is 0.943. The van der Waals surface area contributed by atoms with Crippen LogP contribution in [0.1, 0.15) is 21.7 Å². The summed E-state index contributed by atoms with van der Waals surface area (Å²) < 4.78 is 0. The Kier molecular flexibility index (Phi) is 3.76. The number of nitrogen functional groups attached to an aromatic ring is 1. The molecule has 0 saturated carbocycles. The van der Waals surface area contributed by atoms with Crippen LogP contribution in [0.2, 0.25) is 0 Å². The Labute approximate surface area is 129 Å². The predicted molar refractivity (Wildman–Crippen MR) is 90.7 cm³/mol. The van der Waals surface area contributed by atoms with Gasteiger partial charge in [-0.1, -0.05) is 29.8 Å². The van der Waals surface area contributed by atoms with E-state index >= 15 is 0 Å². The number of nitrogens with two attached hydrogens (primary N) is 1. The maximum absolute atomic E-state index is 5.74. The first-order chi connectivity index (χ1) is 10.1. The van der Waals surface area contributed by atoms with Crippen molar-refractivity contribution >= 4 is 17.0 Å². The number of thiazole rings is 1. The molecule has 2 N–H and O–H groups in total. The number of aryl methyl sites for hydroxylation is 2. The van der Waals surface area contributed by atoms with Gasteiger partial charge in [-0.2, -0.15) is 0 Å². The van der Waals surface area contributed by atoms with Gasteiger partial charge in [0.25, 0.3) is 0 Å². The van der Waals surface area contributed by atoms with E-state index in [4.69, 9.17) is 10.7 Å². The largest absolute Gasteiger partial charge is 0.399 e. The van der Waals surface area contributed by atoms with Crippen molar-refractivity contribution < 1.29 is 0 Å². The van der Waals surface area contributed by atoms with E-state index in [-0.39, 0.29) is 0 Å². The molecule has 2 aromatic carbocycles. The molecule has 0 amide bonds. The van der Waals surface area contributed by atoms with E-state index in [1.165, 1.54) is 16.0 Å². The molecule has 0 bridgehead atoms. The molecule has 0 radical (unpaired) electrons. The number of anilines is 1. The molecule has 21 heavy (non-hydrogen) atoms. The SMILES string of the molecule is Cc1ccc(Cc2sc(-c3ccc(N)cc3)nc2C)cc1. The van der Waals surface area contributed by atoms with Gasteiger partial charge in [0, 0.05) is 22.5 Å². The third-order valence-corrected chi connectivity index (χ3v) is 4.74. The third-order valence-electron chi connectivity index (χ3n) is 3.54. The van der Waals surface area contributed by atoms with Crippen molar-refractivity contribution in [2.45, 2.75) is 20.3 Å². The quantitative estimate of drug-likeness (QED) is 0.717. The maximum Gasteiger partial charge on any atom is 0.123 e. The van der Waals surface area contributed by atoms with Gasteiger partial charge in [0.2, 0.25) is 0 Å². The van der Waals surface area contributed by atoms with Crippen LogP contribution in [0.15, 0.2) is 48.5 Å². The highest BCUT2D eigenvalue weighted by Crippen LogP contribution is 2.30. The molecule has 0 aliphatic rings. The van der Waals surface area contributed by atoms with Crippen molar-refractivity contribution in [2.75, 3.05) is 5.73 Å². The molecule has 0 unspecified atom stereocenters. The summed E-state index contributed by atoms with van der Waals surface area (Å²) in [7, 11) is 0. The molecule has 1 aromatic heterocycles. The van der Waals surface area contributed by atoms with Crippen LogP contribution in [0.5, 0.6) is 0 Å². The summed E-state index contributed by atoms with van der Waals surface area (Å²) in [5.41, 5.74) is 11.4. The zero-order valence-corrected chi connectivity index (χ0v) is 13.1. The molecule has 0 atom stereocenters. The van der Waals surface area contributed by atoms with Crippen LogP contribution in [0.4, 0.5) is 5.69 Å². The summed E-state index contributed by atoms with van der Waals surface area (Å²) in [6.45, 7) is 4.20. The zero-order valence-electron chi connectivity index (χ0n) is 12.3. The van der Waals surface area contributed by atoms with Gasteiger partial charge in [-0.05, 0) is 43.7 Å². The predicted octanol–water partition coefficient (Wildman–Crippen LogP) is 4.60. The van der Waals surface area contributed by atoms with E-state index in [1.54, 1.807) is 11.3 Å². The van der Waals surface area contributed by atoms with Crippen LogP contribution in [0.25, 0.3) is 10.6 Å². The lowest BCUT2D eigenvalue weighted by atomic mass is 10.1. The van der Waals surface area contributed by atoms with Gasteiger partial charge in [-0.25, -0.2) is 4.98 Å². The van der Waals surface area contributed by atoms with Gasteiger partial charge in [0.05, 0.1) is 5.69 Å². The first-order valence-corrected chi connectivity index (χ1v) is 7.81. The molecular formula is C18H18N2S. The van der Waals surface area contributed by atoms with Gasteiger partial charge >= 0.3 is 0 Å². The smallest absolute Gasteiger partial charge is 0.123 e. The van der Waals surface area contributed by atoms with Crippen LogP contribution >= 0.6 is 11.3 Å². The minimum atomic E-state index is 0.784. The van der Waals surface area contributed by atoms with Gasteiger partial charge in [0.1, 0.15) is 5.01 Å². The first-order valence-electron chi connectivity index (χ1n) is 6.99. The summed E-state index contributed by atoms with van der Waals surface area (Å²) in [4.78, 5) is 6.03. The number of hydrogen-bond donors (Lipinski definition) is 1. The lowest BCUT2D eigenvalue weighted by Crippen LogP contribution is -1.87. The number of benzene rings is 2. The van der Waals surface area contributed by atoms with Gasteiger partial charge < -0.3 is 5.73 Å². The first kappa shape index (κ1) is 13.8. The molecular weight excluding hydrogens is 276 g/mol. The average Bonchev–Trinajstić information content (AvgIpc) is 2.83. The molecule has 2 nitrogen and oxygen atoms in total. The molecule has 3 heteroatoms. The molecule has 0 aliphatic heterocycles. The lowest BCUT2D eigenvalue weighted by Gasteiger charge is -2.00. The number of rotatable bonds is 3. The maximum atomic E-state index is 5.74. The molecule has 3 rings (SSSR count).